The van der Waals surface area contributed by atoms with Crippen LogP contribution in [-0.4, -0.2) is 26.4 Å². The first-order valence-corrected chi connectivity index (χ1v) is 16.5. The van der Waals surface area contributed by atoms with E-state index in [0.717, 1.165) is 19.3 Å². The number of rotatable bonds is 9. The van der Waals surface area contributed by atoms with Gasteiger partial charge in [0, 0.05) is 7.05 Å². The van der Waals surface area contributed by atoms with Crippen LogP contribution < -0.4 is 10.5 Å². The van der Waals surface area contributed by atoms with E-state index in [1.165, 1.54) is 127 Å². The SMILES string of the molecule is CCCC(C)[B]NC(Cc1ccc(C2CCCCCCCCCCCCCCCCCC2)cc1)C(=O)NC. The largest absolute Gasteiger partial charge is 0.358 e. The lowest BCUT2D eigenvalue weighted by Crippen LogP contribution is -2.46. The van der Waals surface area contributed by atoms with Crippen molar-refractivity contribution in [2.24, 2.45) is 0 Å². The second-order valence-electron chi connectivity index (χ2n) is 12.1. The molecule has 0 spiro atoms. The van der Waals surface area contributed by atoms with Gasteiger partial charge in [-0.15, -0.1) is 0 Å². The fraction of sp³-hybridized carbons (Fsp3) is 0.794. The standard InChI is InChI=1S/C34H60BN2O/c1-4-21-29(2)35-37-33(34(38)36-3)28-30-24-26-32(27-25-30)31-22-19-17-15-13-11-9-7-5-6-8-10-12-14-16-18-20-23-31/h24-27,29,31,33,37H,4-23,28H2,1-3H3,(H,36,38). The van der Waals surface area contributed by atoms with Gasteiger partial charge in [-0.25, -0.2) is 0 Å². The first-order chi connectivity index (χ1) is 18.6. The highest BCUT2D eigenvalue weighted by atomic mass is 16.2. The van der Waals surface area contributed by atoms with Crippen molar-refractivity contribution in [3.8, 4) is 0 Å². The summed E-state index contributed by atoms with van der Waals surface area (Å²) in [6, 6.07) is 9.05. The summed E-state index contributed by atoms with van der Waals surface area (Å²) >= 11 is 0. The molecule has 1 aliphatic rings. The molecule has 1 saturated carbocycles. The molecule has 0 bridgehead atoms. The average molecular weight is 524 g/mol. The van der Waals surface area contributed by atoms with Crippen LogP contribution in [0.2, 0.25) is 5.82 Å². The number of hydrogen-bond acceptors (Lipinski definition) is 2. The lowest BCUT2D eigenvalue weighted by molar-refractivity contribution is -0.122. The Hall–Kier alpha value is -1.29. The lowest BCUT2D eigenvalue weighted by Gasteiger charge is -2.21. The second-order valence-corrected chi connectivity index (χ2v) is 12.1. The van der Waals surface area contributed by atoms with Crippen LogP contribution in [0.5, 0.6) is 0 Å². The van der Waals surface area contributed by atoms with Crippen LogP contribution in [0.3, 0.4) is 0 Å². The van der Waals surface area contributed by atoms with Gasteiger partial charge in [-0.1, -0.05) is 160 Å². The molecule has 3 nitrogen and oxygen atoms in total. The molecule has 2 unspecified atom stereocenters. The fourth-order valence-electron chi connectivity index (χ4n) is 6.12. The average Bonchev–Trinajstić information content (AvgIpc) is 2.93. The van der Waals surface area contributed by atoms with Crippen molar-refractivity contribution >= 4 is 13.3 Å². The van der Waals surface area contributed by atoms with Gasteiger partial charge in [-0.2, -0.15) is 0 Å². The molecule has 1 aromatic rings. The molecule has 215 valence electrons. The van der Waals surface area contributed by atoms with E-state index < -0.39 is 0 Å². The van der Waals surface area contributed by atoms with Gasteiger partial charge in [0.1, 0.15) is 0 Å². The second kappa shape index (κ2) is 21.5. The lowest BCUT2D eigenvalue weighted by atomic mass is 9.73. The van der Waals surface area contributed by atoms with Crippen LogP contribution >= 0.6 is 0 Å². The van der Waals surface area contributed by atoms with E-state index in [9.17, 15) is 4.79 Å². The predicted octanol–water partition coefficient (Wildman–Crippen LogP) is 9.28. The molecule has 0 saturated heterocycles. The molecule has 0 aromatic heterocycles. The van der Waals surface area contributed by atoms with Crippen LogP contribution in [0.1, 0.15) is 159 Å². The highest BCUT2D eigenvalue weighted by molar-refractivity contribution is 6.34. The van der Waals surface area contributed by atoms with E-state index >= 15 is 0 Å². The van der Waals surface area contributed by atoms with Crippen molar-refractivity contribution < 1.29 is 4.79 Å². The first-order valence-electron chi connectivity index (χ1n) is 16.5. The summed E-state index contributed by atoms with van der Waals surface area (Å²) in [5.74, 6) is 1.22. The predicted molar refractivity (Wildman–Crippen MR) is 167 cm³/mol. The maximum Gasteiger partial charge on any atom is 0.236 e. The molecule has 1 fully saturated rings. The van der Waals surface area contributed by atoms with Crippen molar-refractivity contribution in [1.82, 2.24) is 10.5 Å². The molecule has 4 heteroatoms. The highest BCUT2D eigenvalue weighted by Crippen LogP contribution is 2.29. The van der Waals surface area contributed by atoms with Crippen molar-refractivity contribution in [2.45, 2.75) is 166 Å². The van der Waals surface area contributed by atoms with Crippen LogP contribution in [0.4, 0.5) is 0 Å². The topological polar surface area (TPSA) is 41.1 Å². The zero-order valence-corrected chi connectivity index (χ0v) is 25.4. The minimum absolute atomic E-state index is 0.0634. The molecule has 38 heavy (non-hydrogen) atoms. The smallest absolute Gasteiger partial charge is 0.236 e. The third-order valence-corrected chi connectivity index (χ3v) is 8.63. The minimum atomic E-state index is -0.217. The van der Waals surface area contributed by atoms with E-state index in [4.69, 9.17) is 0 Å². The number of nitrogens with one attached hydrogen (secondary N) is 2. The Morgan fingerprint density at radius 3 is 1.66 bits per heavy atom. The summed E-state index contributed by atoms with van der Waals surface area (Å²) in [6.07, 6.45) is 28.4. The molecular formula is C34H60BN2O. The van der Waals surface area contributed by atoms with Gasteiger partial charge in [0.25, 0.3) is 0 Å². The molecule has 0 heterocycles. The summed E-state index contributed by atoms with van der Waals surface area (Å²) < 4.78 is 0. The van der Waals surface area contributed by atoms with Gasteiger partial charge < -0.3 is 10.5 Å². The van der Waals surface area contributed by atoms with Crippen molar-refractivity contribution in [3.63, 3.8) is 0 Å². The van der Waals surface area contributed by atoms with Crippen LogP contribution in [0.25, 0.3) is 0 Å². The summed E-state index contributed by atoms with van der Waals surface area (Å²) in [5.41, 5.74) is 2.75. The summed E-state index contributed by atoms with van der Waals surface area (Å²) in [5, 5.41) is 6.25. The zero-order chi connectivity index (χ0) is 27.3. The Labute approximate surface area is 237 Å². The molecule has 1 aliphatic carbocycles. The Balaban J connectivity index is 1.93. The fourth-order valence-corrected chi connectivity index (χ4v) is 6.12. The summed E-state index contributed by atoms with van der Waals surface area (Å²) in [6.45, 7) is 4.42. The van der Waals surface area contributed by atoms with Crippen LogP contribution in [0, 0.1) is 0 Å². The van der Waals surface area contributed by atoms with E-state index in [0.29, 0.717) is 11.7 Å². The van der Waals surface area contributed by atoms with Crippen LogP contribution in [-0.2, 0) is 11.2 Å². The maximum atomic E-state index is 12.5. The Morgan fingerprint density at radius 2 is 1.24 bits per heavy atom. The van der Waals surface area contributed by atoms with E-state index in [-0.39, 0.29) is 11.9 Å². The Morgan fingerprint density at radius 1 is 0.789 bits per heavy atom. The van der Waals surface area contributed by atoms with Gasteiger partial charge in [0.2, 0.25) is 13.3 Å². The zero-order valence-electron chi connectivity index (χ0n) is 25.4. The molecule has 1 radical (unpaired) electrons. The molecule has 1 amide bonds. The van der Waals surface area contributed by atoms with Gasteiger partial charge in [0.05, 0.1) is 6.04 Å². The highest BCUT2D eigenvalue weighted by Gasteiger charge is 2.19. The van der Waals surface area contributed by atoms with Gasteiger partial charge in [-0.3, -0.25) is 4.79 Å². The molecule has 2 atom stereocenters. The van der Waals surface area contributed by atoms with Gasteiger partial charge in [-0.05, 0) is 36.3 Å². The van der Waals surface area contributed by atoms with Crippen LogP contribution in [0.15, 0.2) is 24.3 Å². The third kappa shape index (κ3) is 14.8. The number of likely N-dealkylation sites (N-methyl/N-ethyl adjacent to an activating group) is 1. The normalized spacial score (nSPS) is 19.9. The van der Waals surface area contributed by atoms with E-state index in [2.05, 4.69) is 56.1 Å². The number of carbonyl (C=O) groups excluding carboxylic acids is 1. The van der Waals surface area contributed by atoms with E-state index in [1.54, 1.807) is 7.05 Å². The van der Waals surface area contributed by atoms with Crippen molar-refractivity contribution in [3.05, 3.63) is 35.4 Å². The molecular weight excluding hydrogens is 463 g/mol. The first kappa shape index (κ1) is 32.9. The quantitative estimate of drug-likeness (QED) is 0.317. The summed E-state index contributed by atoms with van der Waals surface area (Å²) in [4.78, 5) is 12.5. The number of benzene rings is 1. The number of hydrogen-bond donors (Lipinski definition) is 2. The number of amides is 1. The molecule has 1 aromatic carbocycles. The molecule has 2 rings (SSSR count). The maximum absolute atomic E-state index is 12.5. The van der Waals surface area contributed by atoms with Gasteiger partial charge in [0.15, 0.2) is 0 Å². The minimum Gasteiger partial charge on any atom is -0.358 e. The van der Waals surface area contributed by atoms with Crippen molar-refractivity contribution in [1.29, 1.82) is 0 Å². The Bertz CT molecular complexity index is 687. The third-order valence-electron chi connectivity index (χ3n) is 8.63. The summed E-state index contributed by atoms with van der Waals surface area (Å²) in [7, 11) is 3.85. The molecule has 0 aliphatic heterocycles. The van der Waals surface area contributed by atoms with Crippen molar-refractivity contribution in [2.75, 3.05) is 7.05 Å². The Kier molecular flexibility index (Phi) is 18.7. The number of carbonyl (C=O) groups is 1. The van der Waals surface area contributed by atoms with Gasteiger partial charge >= 0.3 is 0 Å². The monoisotopic (exact) mass is 523 g/mol. The van der Waals surface area contributed by atoms with E-state index in [1.807, 2.05) is 0 Å². The molecule has 2 N–H and O–H groups in total.